The number of halogens is 1. The molecule has 1 fully saturated rings. The third-order valence-electron chi connectivity index (χ3n) is 4.95. The number of aryl methyl sites for hydroxylation is 1. The van der Waals surface area contributed by atoms with Crippen LogP contribution < -0.4 is 4.90 Å². The number of hydrogen-bond donors (Lipinski definition) is 1. The van der Waals surface area contributed by atoms with Crippen LogP contribution in [0.25, 0.3) is 16.8 Å². The summed E-state index contributed by atoms with van der Waals surface area (Å²) in [7, 11) is 0. The van der Waals surface area contributed by atoms with Gasteiger partial charge in [0, 0.05) is 49.2 Å². The zero-order valence-electron chi connectivity index (χ0n) is 15.5. The molecule has 4 heterocycles. The molecule has 0 spiro atoms. The fourth-order valence-corrected chi connectivity index (χ4v) is 3.52. The fraction of sp³-hybridized carbons (Fsp3) is 0.368. The van der Waals surface area contributed by atoms with Gasteiger partial charge in [-0.05, 0) is 12.5 Å². The maximum absolute atomic E-state index is 14.7. The number of carbonyl (C=O) groups is 1. The number of aromatic nitrogens is 4. The molecule has 1 aliphatic rings. The highest BCUT2D eigenvalue weighted by Crippen LogP contribution is 2.29. The summed E-state index contributed by atoms with van der Waals surface area (Å²) >= 11 is 0. The van der Waals surface area contributed by atoms with Gasteiger partial charge in [0.1, 0.15) is 0 Å². The number of fused-ring (bicyclic) bond motifs is 1. The molecule has 1 N–H and O–H groups in total. The van der Waals surface area contributed by atoms with Crippen LogP contribution >= 0.6 is 0 Å². The van der Waals surface area contributed by atoms with E-state index in [0.717, 1.165) is 29.7 Å². The third kappa shape index (κ3) is 3.23. The first-order chi connectivity index (χ1) is 13.6. The summed E-state index contributed by atoms with van der Waals surface area (Å²) in [6.45, 7) is 3.51. The Balaban J connectivity index is 1.73. The van der Waals surface area contributed by atoms with Gasteiger partial charge in [0.2, 0.25) is 0 Å². The maximum atomic E-state index is 14.7. The molecule has 0 bridgehead atoms. The van der Waals surface area contributed by atoms with Gasteiger partial charge in [0.15, 0.2) is 17.3 Å². The Kier molecular flexibility index (Phi) is 4.81. The zero-order valence-corrected chi connectivity index (χ0v) is 15.5. The third-order valence-corrected chi connectivity index (χ3v) is 4.95. The molecule has 0 aliphatic carbocycles. The van der Waals surface area contributed by atoms with Crippen LogP contribution in [0.2, 0.25) is 0 Å². The molecule has 3 aromatic heterocycles. The lowest BCUT2D eigenvalue weighted by molar-refractivity contribution is 0.142. The molecule has 0 aromatic carbocycles. The summed E-state index contributed by atoms with van der Waals surface area (Å²) in [5.41, 5.74) is 3.27. The lowest BCUT2D eigenvalue weighted by atomic mass is 10.0. The van der Waals surface area contributed by atoms with Crippen LogP contribution in [0.3, 0.4) is 0 Å². The highest BCUT2D eigenvalue weighted by Gasteiger charge is 2.24. The molecule has 3 aromatic rings. The Morgan fingerprint density at radius 2 is 2.04 bits per heavy atom. The lowest BCUT2D eigenvalue weighted by Crippen LogP contribution is -2.48. The van der Waals surface area contributed by atoms with Gasteiger partial charge in [0.25, 0.3) is 0 Å². The minimum absolute atomic E-state index is 0.222. The molecular formula is C19H21FN6O2. The van der Waals surface area contributed by atoms with Crippen molar-refractivity contribution in [3.8, 4) is 11.1 Å². The molecule has 9 heteroatoms. The van der Waals surface area contributed by atoms with E-state index < -0.39 is 11.9 Å². The maximum Gasteiger partial charge on any atom is 0.407 e. The predicted octanol–water partition coefficient (Wildman–Crippen LogP) is 2.68. The summed E-state index contributed by atoms with van der Waals surface area (Å²) < 4.78 is 16.1. The van der Waals surface area contributed by atoms with Crippen LogP contribution in [0.5, 0.6) is 0 Å². The van der Waals surface area contributed by atoms with Crippen LogP contribution in [0, 0.1) is 5.82 Å². The van der Waals surface area contributed by atoms with Gasteiger partial charge in [-0.2, -0.15) is 5.10 Å². The molecule has 1 amide bonds. The molecular weight excluding hydrogens is 363 g/mol. The summed E-state index contributed by atoms with van der Waals surface area (Å²) in [5.74, 6) is -0.258. The van der Waals surface area contributed by atoms with Gasteiger partial charge in [0.05, 0.1) is 12.4 Å². The monoisotopic (exact) mass is 384 g/mol. The van der Waals surface area contributed by atoms with E-state index in [9.17, 15) is 9.18 Å². The summed E-state index contributed by atoms with van der Waals surface area (Å²) in [5, 5.41) is 13.4. The normalized spacial score (nSPS) is 14.6. The molecule has 4 rings (SSSR count). The van der Waals surface area contributed by atoms with Crippen molar-refractivity contribution in [3.63, 3.8) is 0 Å². The lowest BCUT2D eigenvalue weighted by Gasteiger charge is -2.33. The van der Waals surface area contributed by atoms with Crippen molar-refractivity contribution in [2.75, 3.05) is 31.1 Å². The highest BCUT2D eigenvalue weighted by molar-refractivity contribution is 5.79. The van der Waals surface area contributed by atoms with E-state index in [-0.39, 0.29) is 5.82 Å². The van der Waals surface area contributed by atoms with E-state index in [1.807, 2.05) is 12.1 Å². The topological polar surface area (TPSA) is 86.9 Å². The largest absolute Gasteiger partial charge is 0.465 e. The van der Waals surface area contributed by atoms with Crippen molar-refractivity contribution in [2.45, 2.75) is 19.8 Å². The fourth-order valence-electron chi connectivity index (χ4n) is 3.52. The number of rotatable bonds is 4. The number of pyridine rings is 1. The van der Waals surface area contributed by atoms with Crippen molar-refractivity contribution in [1.82, 2.24) is 24.5 Å². The highest BCUT2D eigenvalue weighted by atomic mass is 19.1. The number of nitrogens with zero attached hydrogens (tertiary/aromatic N) is 6. The molecule has 1 aliphatic heterocycles. The minimum Gasteiger partial charge on any atom is -0.465 e. The Bertz CT molecular complexity index is 1010. The molecule has 0 atom stereocenters. The van der Waals surface area contributed by atoms with Gasteiger partial charge < -0.3 is 14.9 Å². The van der Waals surface area contributed by atoms with Crippen molar-refractivity contribution < 1.29 is 14.3 Å². The number of amides is 1. The Hall–Kier alpha value is -3.23. The average molecular weight is 384 g/mol. The quantitative estimate of drug-likeness (QED) is 0.744. The molecule has 0 unspecified atom stereocenters. The smallest absolute Gasteiger partial charge is 0.407 e. The Labute approximate surface area is 161 Å². The minimum atomic E-state index is -0.957. The first-order valence-corrected chi connectivity index (χ1v) is 9.29. The average Bonchev–Trinajstić information content (AvgIpc) is 3.10. The first-order valence-electron chi connectivity index (χ1n) is 9.29. The van der Waals surface area contributed by atoms with Crippen molar-refractivity contribution in [1.29, 1.82) is 0 Å². The SMILES string of the molecule is CCCc1ncccc1-c1cnn2cc(F)c(N3CCN(C(=O)O)CC3)nc12. The molecule has 1 saturated heterocycles. The van der Waals surface area contributed by atoms with Crippen LogP contribution in [-0.4, -0.2) is 61.9 Å². The predicted molar refractivity (Wildman–Crippen MR) is 102 cm³/mol. The Morgan fingerprint density at radius 3 is 2.75 bits per heavy atom. The van der Waals surface area contributed by atoms with Gasteiger partial charge in [-0.25, -0.2) is 18.7 Å². The van der Waals surface area contributed by atoms with E-state index in [1.54, 1.807) is 17.3 Å². The standard InChI is InChI=1S/C19H21FN6O2/c1-2-4-16-13(5-3-6-21-16)14-11-22-26-12-15(20)18(23-17(14)26)24-7-9-25(10-8-24)19(27)28/h3,5-6,11-12H,2,4,7-10H2,1H3,(H,27,28). The molecule has 8 nitrogen and oxygen atoms in total. The second-order valence-corrected chi connectivity index (χ2v) is 6.74. The van der Waals surface area contributed by atoms with Crippen LogP contribution in [-0.2, 0) is 6.42 Å². The van der Waals surface area contributed by atoms with Crippen LogP contribution in [0.1, 0.15) is 19.0 Å². The van der Waals surface area contributed by atoms with Gasteiger partial charge in [-0.1, -0.05) is 19.4 Å². The van der Waals surface area contributed by atoms with Crippen LogP contribution in [0.4, 0.5) is 15.0 Å². The van der Waals surface area contributed by atoms with E-state index >= 15 is 0 Å². The molecule has 28 heavy (non-hydrogen) atoms. The molecule has 0 radical (unpaired) electrons. The second kappa shape index (κ2) is 7.41. The van der Waals surface area contributed by atoms with Gasteiger partial charge in [-0.3, -0.25) is 4.98 Å². The number of piperazine rings is 1. The van der Waals surface area contributed by atoms with Crippen molar-refractivity contribution in [3.05, 3.63) is 42.2 Å². The van der Waals surface area contributed by atoms with E-state index in [2.05, 4.69) is 22.0 Å². The number of hydrogen-bond acceptors (Lipinski definition) is 5. The van der Waals surface area contributed by atoms with Gasteiger partial charge >= 0.3 is 6.09 Å². The van der Waals surface area contributed by atoms with Crippen molar-refractivity contribution in [2.24, 2.45) is 0 Å². The first kappa shape index (κ1) is 18.1. The molecule has 146 valence electrons. The summed E-state index contributed by atoms with van der Waals surface area (Å²) in [6, 6.07) is 3.85. The number of carboxylic acid groups (broad SMARTS) is 1. The van der Waals surface area contributed by atoms with E-state index in [1.165, 1.54) is 15.6 Å². The van der Waals surface area contributed by atoms with E-state index in [0.29, 0.717) is 31.8 Å². The van der Waals surface area contributed by atoms with Crippen LogP contribution in [0.15, 0.2) is 30.7 Å². The van der Waals surface area contributed by atoms with Crippen molar-refractivity contribution >= 4 is 17.6 Å². The zero-order chi connectivity index (χ0) is 19.7. The number of anilines is 1. The molecule has 0 saturated carbocycles. The second-order valence-electron chi connectivity index (χ2n) is 6.74. The summed E-state index contributed by atoms with van der Waals surface area (Å²) in [4.78, 5) is 23.2. The summed E-state index contributed by atoms with van der Waals surface area (Å²) in [6.07, 6.45) is 5.61. The Morgan fingerprint density at radius 1 is 1.25 bits per heavy atom. The van der Waals surface area contributed by atoms with Gasteiger partial charge in [-0.15, -0.1) is 0 Å². The van der Waals surface area contributed by atoms with E-state index in [4.69, 9.17) is 5.11 Å².